The minimum Gasteiger partial charge on any atom is -0.340 e. The van der Waals surface area contributed by atoms with Gasteiger partial charge in [-0.05, 0) is 38.1 Å². The van der Waals surface area contributed by atoms with Crippen molar-refractivity contribution < 1.29 is 0 Å². The van der Waals surface area contributed by atoms with Crippen molar-refractivity contribution in [3.8, 4) is 0 Å². The number of pyridine rings is 1. The highest BCUT2D eigenvalue weighted by atomic mass is 35.5. The van der Waals surface area contributed by atoms with E-state index < -0.39 is 0 Å². The molecule has 4 heteroatoms. The number of nitrogens with two attached hydrogens (primary N) is 1. The SMILES string of the molecule is Cc1ccc(N(CCCN)c2ccncc2Cl)cc1. The van der Waals surface area contributed by atoms with Crippen molar-refractivity contribution in [2.24, 2.45) is 5.73 Å². The molecule has 2 rings (SSSR count). The zero-order chi connectivity index (χ0) is 13.7. The highest BCUT2D eigenvalue weighted by Crippen LogP contribution is 2.31. The van der Waals surface area contributed by atoms with Crippen LogP contribution in [0.25, 0.3) is 0 Å². The third-order valence-corrected chi connectivity index (χ3v) is 3.26. The van der Waals surface area contributed by atoms with Crippen molar-refractivity contribution in [1.29, 1.82) is 0 Å². The Morgan fingerprint density at radius 2 is 1.95 bits per heavy atom. The van der Waals surface area contributed by atoms with Gasteiger partial charge in [0.15, 0.2) is 0 Å². The largest absolute Gasteiger partial charge is 0.340 e. The first-order chi connectivity index (χ1) is 9.22. The van der Waals surface area contributed by atoms with Crippen LogP contribution in [0, 0.1) is 6.92 Å². The van der Waals surface area contributed by atoms with Gasteiger partial charge in [0, 0.05) is 24.6 Å². The zero-order valence-corrected chi connectivity index (χ0v) is 11.8. The third kappa shape index (κ3) is 3.46. The summed E-state index contributed by atoms with van der Waals surface area (Å²) in [5.41, 5.74) is 8.95. The molecule has 1 heterocycles. The van der Waals surface area contributed by atoms with Crippen LogP contribution in [0.4, 0.5) is 11.4 Å². The van der Waals surface area contributed by atoms with Gasteiger partial charge in [-0.1, -0.05) is 29.3 Å². The first-order valence-corrected chi connectivity index (χ1v) is 6.74. The monoisotopic (exact) mass is 275 g/mol. The summed E-state index contributed by atoms with van der Waals surface area (Å²) in [5.74, 6) is 0. The molecule has 0 aliphatic rings. The van der Waals surface area contributed by atoms with Crippen LogP contribution in [-0.2, 0) is 0 Å². The first kappa shape index (κ1) is 13.8. The summed E-state index contributed by atoms with van der Waals surface area (Å²) >= 11 is 6.24. The van der Waals surface area contributed by atoms with E-state index in [1.165, 1.54) is 5.56 Å². The molecular formula is C15H18ClN3. The van der Waals surface area contributed by atoms with Crippen LogP contribution in [0.2, 0.25) is 5.02 Å². The molecule has 0 saturated heterocycles. The molecule has 0 spiro atoms. The summed E-state index contributed by atoms with van der Waals surface area (Å²) in [6, 6.07) is 10.3. The second-order valence-corrected chi connectivity index (χ2v) is 4.86. The third-order valence-electron chi connectivity index (χ3n) is 2.97. The van der Waals surface area contributed by atoms with Gasteiger partial charge in [0.2, 0.25) is 0 Å². The molecule has 0 amide bonds. The van der Waals surface area contributed by atoms with E-state index in [1.807, 2.05) is 6.07 Å². The van der Waals surface area contributed by atoms with Gasteiger partial charge in [0.1, 0.15) is 0 Å². The molecule has 0 aliphatic carbocycles. The lowest BCUT2D eigenvalue weighted by Crippen LogP contribution is -2.21. The van der Waals surface area contributed by atoms with Gasteiger partial charge in [0.05, 0.1) is 10.7 Å². The van der Waals surface area contributed by atoms with E-state index >= 15 is 0 Å². The summed E-state index contributed by atoms with van der Waals surface area (Å²) in [5, 5.41) is 0.653. The van der Waals surface area contributed by atoms with E-state index in [1.54, 1.807) is 12.4 Å². The first-order valence-electron chi connectivity index (χ1n) is 6.36. The lowest BCUT2D eigenvalue weighted by molar-refractivity contribution is 0.817. The number of rotatable bonds is 5. The molecule has 0 atom stereocenters. The minimum absolute atomic E-state index is 0.653. The predicted molar refractivity (Wildman–Crippen MR) is 81.1 cm³/mol. The van der Waals surface area contributed by atoms with Crippen LogP contribution in [-0.4, -0.2) is 18.1 Å². The molecule has 2 N–H and O–H groups in total. The standard InChI is InChI=1S/C15H18ClN3/c1-12-3-5-13(6-4-12)19(10-2-8-17)15-7-9-18-11-14(15)16/h3-7,9,11H,2,8,10,17H2,1H3. The summed E-state index contributed by atoms with van der Waals surface area (Å²) in [4.78, 5) is 6.21. The number of benzene rings is 1. The van der Waals surface area contributed by atoms with Gasteiger partial charge >= 0.3 is 0 Å². The summed E-state index contributed by atoms with van der Waals surface area (Å²) in [7, 11) is 0. The molecule has 0 unspecified atom stereocenters. The van der Waals surface area contributed by atoms with Gasteiger partial charge < -0.3 is 10.6 Å². The van der Waals surface area contributed by atoms with Crippen molar-refractivity contribution >= 4 is 23.0 Å². The molecule has 0 fully saturated rings. The molecule has 0 saturated carbocycles. The van der Waals surface area contributed by atoms with Crippen molar-refractivity contribution in [2.45, 2.75) is 13.3 Å². The number of aryl methyl sites for hydroxylation is 1. The summed E-state index contributed by atoms with van der Waals surface area (Å²) in [6.07, 6.45) is 4.33. The van der Waals surface area contributed by atoms with Crippen LogP contribution in [0.15, 0.2) is 42.7 Å². The normalized spacial score (nSPS) is 10.5. The second kappa shape index (κ2) is 6.55. The van der Waals surface area contributed by atoms with Crippen LogP contribution < -0.4 is 10.6 Å². The smallest absolute Gasteiger partial charge is 0.0826 e. The van der Waals surface area contributed by atoms with Crippen molar-refractivity contribution in [2.75, 3.05) is 18.0 Å². The quantitative estimate of drug-likeness (QED) is 0.908. The van der Waals surface area contributed by atoms with E-state index in [0.717, 1.165) is 24.3 Å². The van der Waals surface area contributed by atoms with Crippen molar-refractivity contribution in [1.82, 2.24) is 4.98 Å². The van der Waals surface area contributed by atoms with Gasteiger partial charge in [0.25, 0.3) is 0 Å². The number of hydrogen-bond donors (Lipinski definition) is 1. The maximum Gasteiger partial charge on any atom is 0.0826 e. The Kier molecular flexibility index (Phi) is 4.77. The van der Waals surface area contributed by atoms with E-state index in [2.05, 4.69) is 41.1 Å². The number of nitrogens with zero attached hydrogens (tertiary/aromatic N) is 2. The topological polar surface area (TPSA) is 42.1 Å². The number of halogens is 1. The Hall–Kier alpha value is -1.58. The van der Waals surface area contributed by atoms with Gasteiger partial charge in [-0.2, -0.15) is 0 Å². The molecule has 0 aliphatic heterocycles. The molecule has 100 valence electrons. The van der Waals surface area contributed by atoms with E-state index in [9.17, 15) is 0 Å². The maximum absolute atomic E-state index is 6.24. The summed E-state index contributed by atoms with van der Waals surface area (Å²) in [6.45, 7) is 3.57. The highest BCUT2D eigenvalue weighted by molar-refractivity contribution is 6.33. The van der Waals surface area contributed by atoms with E-state index in [4.69, 9.17) is 17.3 Å². The fourth-order valence-corrected chi connectivity index (χ4v) is 2.17. The molecule has 3 nitrogen and oxygen atoms in total. The van der Waals surface area contributed by atoms with Crippen molar-refractivity contribution in [3.63, 3.8) is 0 Å². The van der Waals surface area contributed by atoms with E-state index in [0.29, 0.717) is 11.6 Å². The van der Waals surface area contributed by atoms with Gasteiger partial charge in [-0.3, -0.25) is 4.98 Å². The Morgan fingerprint density at radius 1 is 1.21 bits per heavy atom. The van der Waals surface area contributed by atoms with Crippen LogP contribution in [0.3, 0.4) is 0 Å². The Bertz CT molecular complexity index is 525. The molecule has 0 radical (unpaired) electrons. The number of anilines is 2. The zero-order valence-electron chi connectivity index (χ0n) is 11.0. The molecular weight excluding hydrogens is 258 g/mol. The lowest BCUT2D eigenvalue weighted by Gasteiger charge is -2.25. The van der Waals surface area contributed by atoms with Crippen LogP contribution in [0.1, 0.15) is 12.0 Å². The van der Waals surface area contributed by atoms with Gasteiger partial charge in [-0.25, -0.2) is 0 Å². The molecule has 2 aromatic rings. The minimum atomic E-state index is 0.653. The average Bonchev–Trinajstić information content (AvgIpc) is 2.43. The highest BCUT2D eigenvalue weighted by Gasteiger charge is 2.11. The molecule has 0 bridgehead atoms. The Morgan fingerprint density at radius 3 is 2.58 bits per heavy atom. The molecule has 19 heavy (non-hydrogen) atoms. The van der Waals surface area contributed by atoms with Gasteiger partial charge in [-0.15, -0.1) is 0 Å². The predicted octanol–water partition coefficient (Wildman–Crippen LogP) is 3.53. The van der Waals surface area contributed by atoms with Crippen molar-refractivity contribution in [3.05, 3.63) is 53.3 Å². The number of hydrogen-bond acceptors (Lipinski definition) is 3. The fraction of sp³-hybridized carbons (Fsp3) is 0.267. The van der Waals surface area contributed by atoms with Crippen LogP contribution in [0.5, 0.6) is 0 Å². The summed E-state index contributed by atoms with van der Waals surface area (Å²) < 4.78 is 0. The molecule has 1 aromatic carbocycles. The number of aromatic nitrogens is 1. The maximum atomic E-state index is 6.24. The second-order valence-electron chi connectivity index (χ2n) is 4.46. The van der Waals surface area contributed by atoms with Crippen LogP contribution >= 0.6 is 11.6 Å². The molecule has 1 aromatic heterocycles. The lowest BCUT2D eigenvalue weighted by atomic mass is 10.2. The fourth-order valence-electron chi connectivity index (χ4n) is 1.95. The Balaban J connectivity index is 2.35. The van der Waals surface area contributed by atoms with E-state index in [-0.39, 0.29) is 0 Å². The average molecular weight is 276 g/mol. The Labute approximate surface area is 119 Å².